The summed E-state index contributed by atoms with van der Waals surface area (Å²) in [6, 6.07) is 10.3. The van der Waals surface area contributed by atoms with Gasteiger partial charge in [-0.15, -0.1) is 0 Å². The fourth-order valence-corrected chi connectivity index (χ4v) is 4.36. The van der Waals surface area contributed by atoms with Gasteiger partial charge in [0.05, 0.1) is 16.6 Å². The van der Waals surface area contributed by atoms with E-state index in [0.717, 1.165) is 0 Å². The average molecular weight is 397 g/mol. The van der Waals surface area contributed by atoms with Gasteiger partial charge in [-0.3, -0.25) is 4.79 Å². The number of halogens is 2. The molecule has 1 atom stereocenters. The summed E-state index contributed by atoms with van der Waals surface area (Å²) in [4.78, 5) is 11.9. The number of fused-ring (bicyclic) bond motifs is 1. The van der Waals surface area contributed by atoms with E-state index >= 15 is 0 Å². The number of Topliss-reactive ketones (excluding diaryl/α,β-unsaturated/α-hetero) is 1. The van der Waals surface area contributed by atoms with Crippen LogP contribution in [0.1, 0.15) is 18.5 Å². The molecule has 1 aliphatic heterocycles. The Morgan fingerprint density at radius 3 is 2.48 bits per heavy atom. The topological polar surface area (TPSA) is 75.3 Å². The molecule has 3 rings (SSSR count). The van der Waals surface area contributed by atoms with Crippen molar-refractivity contribution in [2.45, 2.75) is 17.9 Å². The number of carbonyl (C=O) groups is 1. The highest BCUT2D eigenvalue weighted by Crippen LogP contribution is 2.39. The molecule has 0 saturated heterocycles. The quantitative estimate of drug-likeness (QED) is 0.820. The van der Waals surface area contributed by atoms with E-state index in [-0.39, 0.29) is 16.4 Å². The fourth-order valence-electron chi connectivity index (χ4n) is 2.57. The van der Waals surface area contributed by atoms with Gasteiger partial charge < -0.3 is 5.32 Å². The maximum Gasteiger partial charge on any atom is 0.241 e. The number of hydrogen-bond acceptors (Lipinski definition) is 4. The van der Waals surface area contributed by atoms with E-state index in [1.54, 1.807) is 24.3 Å². The van der Waals surface area contributed by atoms with E-state index in [0.29, 0.717) is 21.3 Å². The second-order valence-corrected chi connectivity index (χ2v) is 8.08. The van der Waals surface area contributed by atoms with Crippen molar-refractivity contribution in [1.29, 1.82) is 0 Å². The van der Waals surface area contributed by atoms with Gasteiger partial charge in [0, 0.05) is 28.2 Å². The van der Waals surface area contributed by atoms with E-state index in [1.165, 1.54) is 31.2 Å². The lowest BCUT2D eigenvalue weighted by Crippen LogP contribution is -2.31. The second kappa shape index (κ2) is 6.80. The van der Waals surface area contributed by atoms with Gasteiger partial charge in [-0.25, -0.2) is 8.42 Å². The third-order valence-electron chi connectivity index (χ3n) is 3.72. The monoisotopic (exact) mass is 396 g/mol. The SMILES string of the molecule is CC(=O)C1=CC(NS(=O)(=O)c2ccccc2)c2c(Cl)cc(Cl)cc2N1. The van der Waals surface area contributed by atoms with Crippen LogP contribution in [-0.4, -0.2) is 14.2 Å². The van der Waals surface area contributed by atoms with Gasteiger partial charge in [-0.2, -0.15) is 4.72 Å². The minimum atomic E-state index is -3.80. The molecule has 0 bridgehead atoms. The third-order valence-corrected chi connectivity index (χ3v) is 5.71. The van der Waals surface area contributed by atoms with E-state index in [2.05, 4.69) is 10.0 Å². The van der Waals surface area contributed by atoms with Crippen molar-refractivity contribution in [3.63, 3.8) is 0 Å². The maximum absolute atomic E-state index is 12.7. The molecule has 0 amide bonds. The molecule has 8 heteroatoms. The zero-order chi connectivity index (χ0) is 18.2. The van der Waals surface area contributed by atoms with Gasteiger partial charge in [-0.1, -0.05) is 41.4 Å². The Morgan fingerprint density at radius 1 is 1.16 bits per heavy atom. The van der Waals surface area contributed by atoms with Crippen LogP contribution in [0.3, 0.4) is 0 Å². The number of hydrogen-bond donors (Lipinski definition) is 2. The number of rotatable bonds is 4. The van der Waals surface area contributed by atoms with Crippen molar-refractivity contribution >= 4 is 44.7 Å². The van der Waals surface area contributed by atoms with E-state index in [4.69, 9.17) is 23.2 Å². The molecule has 2 aromatic carbocycles. The Morgan fingerprint density at radius 2 is 1.84 bits per heavy atom. The largest absolute Gasteiger partial charge is 0.352 e. The van der Waals surface area contributed by atoms with Gasteiger partial charge in [0.2, 0.25) is 10.0 Å². The van der Waals surface area contributed by atoms with Crippen LogP contribution in [0.4, 0.5) is 5.69 Å². The first-order valence-electron chi connectivity index (χ1n) is 7.34. The van der Waals surface area contributed by atoms with Crippen molar-refractivity contribution in [3.05, 3.63) is 69.8 Å². The molecule has 0 spiro atoms. The smallest absolute Gasteiger partial charge is 0.241 e. The summed E-state index contributed by atoms with van der Waals surface area (Å²) in [5, 5.41) is 3.62. The molecule has 1 unspecified atom stereocenters. The molecular formula is C17H14Cl2N2O3S. The number of carbonyl (C=O) groups excluding carboxylic acids is 1. The number of nitrogens with one attached hydrogen (secondary N) is 2. The Bertz CT molecular complexity index is 973. The summed E-state index contributed by atoms with van der Waals surface area (Å²) < 4.78 is 27.9. The van der Waals surface area contributed by atoms with Crippen LogP contribution >= 0.6 is 23.2 Å². The van der Waals surface area contributed by atoms with Crippen LogP contribution in [0, 0.1) is 0 Å². The molecule has 0 saturated carbocycles. The second-order valence-electron chi connectivity index (χ2n) is 5.52. The molecular weight excluding hydrogens is 383 g/mol. The van der Waals surface area contributed by atoms with Crippen molar-refractivity contribution in [2.24, 2.45) is 0 Å². The zero-order valence-corrected chi connectivity index (χ0v) is 15.4. The summed E-state index contributed by atoms with van der Waals surface area (Å²) >= 11 is 12.3. The molecule has 130 valence electrons. The van der Waals surface area contributed by atoms with Crippen molar-refractivity contribution in [1.82, 2.24) is 4.72 Å². The van der Waals surface area contributed by atoms with Crippen LogP contribution in [0.5, 0.6) is 0 Å². The minimum Gasteiger partial charge on any atom is -0.352 e. The van der Waals surface area contributed by atoms with Gasteiger partial charge in [-0.05, 0) is 30.3 Å². The third kappa shape index (κ3) is 3.72. The molecule has 5 nitrogen and oxygen atoms in total. The predicted molar refractivity (Wildman–Crippen MR) is 98.4 cm³/mol. The maximum atomic E-state index is 12.7. The standard InChI is InChI=1S/C17H14Cl2N2O3S/c1-10(22)14-9-16(17-13(19)7-11(18)8-15(17)20-14)21-25(23,24)12-5-3-2-4-6-12/h2-9,16,20-21H,1H3. The van der Waals surface area contributed by atoms with Gasteiger partial charge in [0.1, 0.15) is 0 Å². The van der Waals surface area contributed by atoms with Gasteiger partial charge in [0.25, 0.3) is 0 Å². The zero-order valence-electron chi connectivity index (χ0n) is 13.1. The van der Waals surface area contributed by atoms with Crippen LogP contribution in [-0.2, 0) is 14.8 Å². The molecule has 2 aromatic rings. The Balaban J connectivity index is 2.07. The van der Waals surface area contributed by atoms with E-state index < -0.39 is 16.1 Å². The number of ketones is 1. The van der Waals surface area contributed by atoms with Crippen LogP contribution in [0.15, 0.2) is 59.1 Å². The summed E-state index contributed by atoms with van der Waals surface area (Å²) in [6.07, 6.45) is 1.50. The highest BCUT2D eigenvalue weighted by atomic mass is 35.5. The van der Waals surface area contributed by atoms with Crippen LogP contribution < -0.4 is 10.0 Å². The van der Waals surface area contributed by atoms with Crippen molar-refractivity contribution < 1.29 is 13.2 Å². The number of benzene rings is 2. The molecule has 0 aromatic heterocycles. The normalized spacial score (nSPS) is 16.6. The summed E-state index contributed by atoms with van der Waals surface area (Å²) in [5.41, 5.74) is 1.27. The average Bonchev–Trinajstić information content (AvgIpc) is 2.54. The van der Waals surface area contributed by atoms with Gasteiger partial charge in [0.15, 0.2) is 5.78 Å². The van der Waals surface area contributed by atoms with Crippen molar-refractivity contribution in [3.8, 4) is 0 Å². The molecule has 25 heavy (non-hydrogen) atoms. The lowest BCUT2D eigenvalue weighted by Gasteiger charge is -2.27. The molecule has 2 N–H and O–H groups in total. The first-order valence-corrected chi connectivity index (χ1v) is 9.58. The molecule has 1 heterocycles. The summed E-state index contributed by atoms with van der Waals surface area (Å²) in [6.45, 7) is 1.39. The first-order chi connectivity index (χ1) is 11.8. The van der Waals surface area contributed by atoms with E-state index in [9.17, 15) is 13.2 Å². The lowest BCUT2D eigenvalue weighted by atomic mass is 9.99. The summed E-state index contributed by atoms with van der Waals surface area (Å²) in [7, 11) is -3.80. The van der Waals surface area contributed by atoms with Crippen molar-refractivity contribution in [2.75, 3.05) is 5.32 Å². The first kappa shape index (κ1) is 17.9. The predicted octanol–water partition coefficient (Wildman–Crippen LogP) is 3.91. The summed E-state index contributed by atoms with van der Waals surface area (Å²) in [5.74, 6) is -0.231. The molecule has 0 aliphatic carbocycles. The lowest BCUT2D eigenvalue weighted by molar-refractivity contribution is -0.113. The number of anilines is 1. The number of sulfonamides is 1. The van der Waals surface area contributed by atoms with Gasteiger partial charge >= 0.3 is 0 Å². The molecule has 0 radical (unpaired) electrons. The Hall–Kier alpha value is -1.86. The van der Waals surface area contributed by atoms with Crippen LogP contribution in [0.25, 0.3) is 0 Å². The Labute approximate surface area is 155 Å². The number of allylic oxidation sites excluding steroid dienone is 1. The van der Waals surface area contributed by atoms with E-state index in [1.807, 2.05) is 0 Å². The highest BCUT2D eigenvalue weighted by Gasteiger charge is 2.28. The molecule has 0 fully saturated rings. The molecule has 1 aliphatic rings. The minimum absolute atomic E-state index is 0.123. The Kier molecular flexibility index (Phi) is 4.88. The highest BCUT2D eigenvalue weighted by molar-refractivity contribution is 7.89. The van der Waals surface area contributed by atoms with Crippen LogP contribution in [0.2, 0.25) is 10.0 Å². The fraction of sp³-hybridized carbons (Fsp3) is 0.118.